The number of fused-ring (bicyclic) bond motifs is 2. The first-order valence-corrected chi connectivity index (χ1v) is 9.83. The van der Waals surface area contributed by atoms with Gasteiger partial charge >= 0.3 is 0 Å². The van der Waals surface area contributed by atoms with Crippen LogP contribution in [0.4, 0.5) is 5.69 Å². The molecule has 0 atom stereocenters. The number of anilines is 1. The number of para-hydroxylation sites is 1. The zero-order valence-corrected chi connectivity index (χ0v) is 16.4. The van der Waals surface area contributed by atoms with Crippen LogP contribution < -0.4 is 10.6 Å². The van der Waals surface area contributed by atoms with Gasteiger partial charge in [0.05, 0.1) is 30.5 Å². The van der Waals surface area contributed by atoms with Gasteiger partial charge in [0.15, 0.2) is 0 Å². The van der Waals surface area contributed by atoms with Gasteiger partial charge < -0.3 is 19.8 Å². The monoisotopic (exact) mass is 392 g/mol. The molecule has 0 aliphatic heterocycles. The summed E-state index contributed by atoms with van der Waals surface area (Å²) in [4.78, 5) is 25.1. The quantitative estimate of drug-likeness (QED) is 0.603. The van der Waals surface area contributed by atoms with E-state index in [0.717, 1.165) is 29.4 Å². The SMILES string of the molecule is COCCNC(=O)c1ccccc1NC(=O)Cc1coc2cc3c(cc12)CCC3. The molecule has 0 saturated carbocycles. The molecule has 2 aromatic carbocycles. The molecule has 0 radical (unpaired) electrons. The summed E-state index contributed by atoms with van der Waals surface area (Å²) in [5, 5.41) is 6.63. The third kappa shape index (κ3) is 4.17. The number of rotatable bonds is 7. The molecule has 29 heavy (non-hydrogen) atoms. The molecule has 0 unspecified atom stereocenters. The molecule has 2 N–H and O–H groups in total. The molecule has 0 spiro atoms. The van der Waals surface area contributed by atoms with E-state index >= 15 is 0 Å². The highest BCUT2D eigenvalue weighted by molar-refractivity contribution is 6.04. The maximum absolute atomic E-state index is 12.7. The van der Waals surface area contributed by atoms with E-state index < -0.39 is 0 Å². The number of carbonyl (C=O) groups excluding carboxylic acids is 2. The molecule has 3 aromatic rings. The summed E-state index contributed by atoms with van der Waals surface area (Å²) in [6, 6.07) is 11.2. The highest BCUT2D eigenvalue weighted by atomic mass is 16.5. The van der Waals surface area contributed by atoms with Crippen molar-refractivity contribution in [1.82, 2.24) is 5.32 Å². The molecule has 0 fully saturated rings. The molecule has 6 nitrogen and oxygen atoms in total. The van der Waals surface area contributed by atoms with Crippen LogP contribution in [0, 0.1) is 0 Å². The lowest BCUT2D eigenvalue weighted by Crippen LogP contribution is -2.28. The van der Waals surface area contributed by atoms with E-state index in [1.54, 1.807) is 37.6 Å². The number of hydrogen-bond donors (Lipinski definition) is 2. The summed E-state index contributed by atoms with van der Waals surface area (Å²) >= 11 is 0. The van der Waals surface area contributed by atoms with Crippen LogP contribution in [0.1, 0.15) is 33.5 Å². The van der Waals surface area contributed by atoms with Crippen LogP contribution in [-0.4, -0.2) is 32.1 Å². The minimum absolute atomic E-state index is 0.186. The van der Waals surface area contributed by atoms with E-state index in [1.807, 2.05) is 0 Å². The Hall–Kier alpha value is -3.12. The van der Waals surface area contributed by atoms with Crippen molar-refractivity contribution in [3.8, 4) is 0 Å². The molecule has 6 heteroatoms. The second-order valence-corrected chi connectivity index (χ2v) is 7.25. The van der Waals surface area contributed by atoms with E-state index in [0.29, 0.717) is 24.4 Å². The fraction of sp³-hybridized carbons (Fsp3) is 0.304. The van der Waals surface area contributed by atoms with Gasteiger partial charge in [-0.05, 0) is 54.7 Å². The molecule has 0 bridgehead atoms. The molecule has 1 aliphatic carbocycles. The van der Waals surface area contributed by atoms with E-state index in [4.69, 9.17) is 9.15 Å². The van der Waals surface area contributed by atoms with E-state index in [9.17, 15) is 9.59 Å². The van der Waals surface area contributed by atoms with Crippen molar-refractivity contribution in [1.29, 1.82) is 0 Å². The van der Waals surface area contributed by atoms with E-state index in [-0.39, 0.29) is 18.2 Å². The number of hydrogen-bond acceptors (Lipinski definition) is 4. The van der Waals surface area contributed by atoms with Gasteiger partial charge in [-0.15, -0.1) is 0 Å². The van der Waals surface area contributed by atoms with Gasteiger partial charge in [-0.2, -0.15) is 0 Å². The summed E-state index contributed by atoms with van der Waals surface area (Å²) < 4.78 is 10.6. The number of nitrogens with one attached hydrogen (secondary N) is 2. The van der Waals surface area contributed by atoms with Gasteiger partial charge in [0.2, 0.25) is 5.91 Å². The average molecular weight is 392 g/mol. The molecule has 4 rings (SSSR count). The number of amides is 2. The van der Waals surface area contributed by atoms with Crippen molar-refractivity contribution in [2.24, 2.45) is 0 Å². The van der Waals surface area contributed by atoms with Crippen LogP contribution in [0.3, 0.4) is 0 Å². The zero-order chi connectivity index (χ0) is 20.2. The topological polar surface area (TPSA) is 80.6 Å². The fourth-order valence-electron chi connectivity index (χ4n) is 3.80. The van der Waals surface area contributed by atoms with Crippen LogP contribution in [0.15, 0.2) is 47.1 Å². The number of carbonyl (C=O) groups is 2. The Morgan fingerprint density at radius 2 is 1.93 bits per heavy atom. The van der Waals surface area contributed by atoms with Crippen LogP contribution in [-0.2, 0) is 28.8 Å². The van der Waals surface area contributed by atoms with Gasteiger partial charge in [-0.1, -0.05) is 12.1 Å². The molecule has 1 heterocycles. The summed E-state index contributed by atoms with van der Waals surface area (Å²) in [6.45, 7) is 0.834. The standard InChI is InChI=1S/C23H24N2O4/c1-28-10-9-24-23(27)18-7-2-3-8-20(18)25-22(26)13-17-14-29-21-12-16-6-4-5-15(16)11-19(17)21/h2-3,7-8,11-12,14H,4-6,9-10,13H2,1H3,(H,24,27)(H,25,26). The Morgan fingerprint density at radius 1 is 1.14 bits per heavy atom. The third-order valence-electron chi connectivity index (χ3n) is 5.26. The van der Waals surface area contributed by atoms with Crippen molar-refractivity contribution in [3.63, 3.8) is 0 Å². The van der Waals surface area contributed by atoms with Gasteiger partial charge in [0, 0.05) is 24.6 Å². The van der Waals surface area contributed by atoms with Gasteiger partial charge in [0.1, 0.15) is 5.58 Å². The second kappa shape index (κ2) is 8.49. The lowest BCUT2D eigenvalue weighted by Gasteiger charge is -2.11. The Morgan fingerprint density at radius 3 is 2.76 bits per heavy atom. The Bertz CT molecular complexity index is 1050. The first-order chi connectivity index (χ1) is 14.2. The van der Waals surface area contributed by atoms with Crippen molar-refractivity contribution in [2.45, 2.75) is 25.7 Å². The van der Waals surface area contributed by atoms with Gasteiger partial charge in [0.25, 0.3) is 5.91 Å². The second-order valence-electron chi connectivity index (χ2n) is 7.25. The average Bonchev–Trinajstić information content (AvgIpc) is 3.33. The molecular formula is C23H24N2O4. The van der Waals surface area contributed by atoms with Crippen molar-refractivity contribution >= 4 is 28.5 Å². The number of aryl methyl sites for hydroxylation is 2. The van der Waals surface area contributed by atoms with Crippen molar-refractivity contribution in [3.05, 3.63) is 64.9 Å². The van der Waals surface area contributed by atoms with Crippen LogP contribution in [0.25, 0.3) is 11.0 Å². The molecule has 0 saturated heterocycles. The van der Waals surface area contributed by atoms with Gasteiger partial charge in [-0.3, -0.25) is 9.59 Å². The molecule has 2 amide bonds. The summed E-state index contributed by atoms with van der Waals surface area (Å²) in [5.74, 6) is -0.437. The van der Waals surface area contributed by atoms with Crippen LogP contribution in [0.5, 0.6) is 0 Å². The molecule has 1 aliphatic rings. The predicted octanol–water partition coefficient (Wildman–Crippen LogP) is 3.48. The Balaban J connectivity index is 1.48. The van der Waals surface area contributed by atoms with Crippen LogP contribution in [0.2, 0.25) is 0 Å². The lowest BCUT2D eigenvalue weighted by atomic mass is 10.0. The van der Waals surface area contributed by atoms with Crippen molar-refractivity contribution in [2.75, 3.05) is 25.6 Å². The first-order valence-electron chi connectivity index (χ1n) is 9.83. The smallest absolute Gasteiger partial charge is 0.253 e. The number of furan rings is 1. The normalized spacial score (nSPS) is 12.7. The number of benzene rings is 2. The zero-order valence-electron chi connectivity index (χ0n) is 16.4. The third-order valence-corrected chi connectivity index (χ3v) is 5.26. The highest BCUT2D eigenvalue weighted by Crippen LogP contribution is 2.30. The molecule has 1 aromatic heterocycles. The largest absolute Gasteiger partial charge is 0.464 e. The fourth-order valence-corrected chi connectivity index (χ4v) is 3.80. The highest BCUT2D eigenvalue weighted by Gasteiger charge is 2.18. The van der Waals surface area contributed by atoms with E-state index in [2.05, 4.69) is 22.8 Å². The van der Waals surface area contributed by atoms with Gasteiger partial charge in [-0.25, -0.2) is 0 Å². The molecular weight excluding hydrogens is 368 g/mol. The molecule has 150 valence electrons. The number of methoxy groups -OCH3 is 1. The maximum Gasteiger partial charge on any atom is 0.253 e. The Kier molecular flexibility index (Phi) is 5.62. The predicted molar refractivity (Wildman–Crippen MR) is 111 cm³/mol. The minimum Gasteiger partial charge on any atom is -0.464 e. The lowest BCUT2D eigenvalue weighted by molar-refractivity contribution is -0.115. The Labute approximate surface area is 169 Å². The van der Waals surface area contributed by atoms with Crippen molar-refractivity contribution < 1.29 is 18.7 Å². The summed E-state index contributed by atoms with van der Waals surface area (Å²) in [5.41, 5.74) is 5.28. The minimum atomic E-state index is -0.248. The maximum atomic E-state index is 12.7. The number of ether oxygens (including phenoxy) is 1. The summed E-state index contributed by atoms with van der Waals surface area (Å²) in [7, 11) is 1.58. The first kappa shape index (κ1) is 19.2. The summed E-state index contributed by atoms with van der Waals surface area (Å²) in [6.07, 6.45) is 5.17. The van der Waals surface area contributed by atoms with Crippen LogP contribution >= 0.6 is 0 Å². The van der Waals surface area contributed by atoms with E-state index in [1.165, 1.54) is 17.5 Å².